The maximum Gasteiger partial charge on any atom is 0.159 e. The zero-order valence-corrected chi connectivity index (χ0v) is 15.1. The molecular weight excluding hydrogens is 389 g/mol. The van der Waals surface area contributed by atoms with Crippen LogP contribution in [0.4, 0.5) is 13.2 Å². The molecule has 0 amide bonds. The summed E-state index contributed by atoms with van der Waals surface area (Å²) in [6.45, 7) is 3.81. The van der Waals surface area contributed by atoms with Crippen molar-refractivity contribution in [3.8, 4) is 29.0 Å². The zero-order valence-electron chi connectivity index (χ0n) is 14.3. The van der Waals surface area contributed by atoms with E-state index in [1.54, 1.807) is 6.08 Å². The molecule has 0 aliphatic rings. The van der Waals surface area contributed by atoms with Gasteiger partial charge >= 0.3 is 0 Å². The van der Waals surface area contributed by atoms with Gasteiger partial charge in [-0.05, 0) is 30.3 Å². The minimum Gasteiger partial charge on any atom is -0.486 e. The molecule has 0 aliphatic heterocycles. The number of rotatable bonds is 4. The lowest BCUT2D eigenvalue weighted by molar-refractivity contribution is 0.360. The van der Waals surface area contributed by atoms with Gasteiger partial charge in [0.15, 0.2) is 11.6 Å². The summed E-state index contributed by atoms with van der Waals surface area (Å²) in [5.41, 5.74) is -0.0541. The molecule has 0 saturated heterocycles. The number of aromatic nitrogens is 2. The number of hydrogen-bond acceptors (Lipinski definition) is 3. The Kier molecular flexibility index (Phi) is 5.97. The van der Waals surface area contributed by atoms with E-state index in [0.29, 0.717) is 5.75 Å². The highest BCUT2D eigenvalue weighted by molar-refractivity contribution is 6.30. The molecule has 140 valence electrons. The third kappa shape index (κ3) is 4.51. The van der Waals surface area contributed by atoms with Gasteiger partial charge in [0.05, 0.1) is 23.0 Å². The SMILES string of the molecule is C=CCOc1cnc(-c2cc(F)c(C#Cc3ccc(Cl)c(F)c3)c(F)c2)nc1. The predicted octanol–water partition coefficient (Wildman–Crippen LogP) is 5.18. The van der Waals surface area contributed by atoms with Crippen LogP contribution in [-0.4, -0.2) is 16.6 Å². The lowest BCUT2D eigenvalue weighted by atomic mass is 10.1. The molecule has 7 heteroatoms. The quantitative estimate of drug-likeness (QED) is 0.447. The van der Waals surface area contributed by atoms with Crippen LogP contribution in [0.25, 0.3) is 11.4 Å². The number of ether oxygens (including phenoxy) is 1. The van der Waals surface area contributed by atoms with E-state index in [1.165, 1.54) is 24.5 Å². The summed E-state index contributed by atoms with van der Waals surface area (Å²) < 4.78 is 47.4. The van der Waals surface area contributed by atoms with Crippen molar-refractivity contribution in [3.63, 3.8) is 0 Å². The van der Waals surface area contributed by atoms with E-state index >= 15 is 0 Å². The minimum absolute atomic E-state index is 0.0619. The lowest BCUT2D eigenvalue weighted by Crippen LogP contribution is -1.98. The minimum atomic E-state index is -0.882. The van der Waals surface area contributed by atoms with E-state index < -0.39 is 23.0 Å². The summed E-state index contributed by atoms with van der Waals surface area (Å²) in [5, 5.41) is -0.0619. The van der Waals surface area contributed by atoms with Gasteiger partial charge in [-0.15, -0.1) is 0 Å². The second-order valence-electron chi connectivity index (χ2n) is 5.54. The molecule has 3 aromatic rings. The van der Waals surface area contributed by atoms with Crippen molar-refractivity contribution in [1.29, 1.82) is 0 Å². The Bertz CT molecular complexity index is 1070. The summed E-state index contributed by atoms with van der Waals surface area (Å²) in [6, 6.07) is 6.01. The molecular formula is C21H12ClF3N2O. The van der Waals surface area contributed by atoms with Crippen LogP contribution in [0.3, 0.4) is 0 Å². The van der Waals surface area contributed by atoms with Crippen LogP contribution >= 0.6 is 11.6 Å². The number of hydrogen-bond donors (Lipinski definition) is 0. The Morgan fingerprint density at radius 2 is 1.68 bits per heavy atom. The van der Waals surface area contributed by atoms with Gasteiger partial charge in [-0.2, -0.15) is 0 Å². The van der Waals surface area contributed by atoms with Crippen molar-refractivity contribution < 1.29 is 17.9 Å². The highest BCUT2D eigenvalue weighted by atomic mass is 35.5. The maximum absolute atomic E-state index is 14.4. The molecule has 2 aromatic carbocycles. The second kappa shape index (κ2) is 8.59. The number of nitrogens with zero attached hydrogens (tertiary/aromatic N) is 2. The fourth-order valence-corrected chi connectivity index (χ4v) is 2.34. The molecule has 28 heavy (non-hydrogen) atoms. The summed E-state index contributed by atoms with van der Waals surface area (Å²) in [5.74, 6) is 2.99. The van der Waals surface area contributed by atoms with Crippen LogP contribution in [0.1, 0.15) is 11.1 Å². The van der Waals surface area contributed by atoms with Crippen molar-refractivity contribution in [3.05, 3.63) is 89.0 Å². The molecule has 0 N–H and O–H groups in total. The highest BCUT2D eigenvalue weighted by Crippen LogP contribution is 2.22. The summed E-state index contributed by atoms with van der Waals surface area (Å²) >= 11 is 5.59. The topological polar surface area (TPSA) is 35.0 Å². The summed E-state index contributed by atoms with van der Waals surface area (Å²) in [7, 11) is 0. The third-order valence-electron chi connectivity index (χ3n) is 3.55. The standard InChI is InChI=1S/C21H12ClF3N2O/c1-2-7-28-15-11-26-21(27-12-15)14-9-18(23)16(19(24)10-14)5-3-13-4-6-17(22)20(25)8-13/h2,4,6,8-12H,1,7H2. The Balaban J connectivity index is 1.88. The first-order chi connectivity index (χ1) is 13.5. The predicted molar refractivity (Wildman–Crippen MR) is 100 cm³/mol. The first kappa shape index (κ1) is 19.5. The second-order valence-corrected chi connectivity index (χ2v) is 5.94. The maximum atomic E-state index is 14.4. The molecule has 0 fully saturated rings. The molecule has 3 rings (SSSR count). The van der Waals surface area contributed by atoms with Crippen molar-refractivity contribution >= 4 is 11.6 Å². The molecule has 0 spiro atoms. The van der Waals surface area contributed by atoms with Crippen LogP contribution in [0.2, 0.25) is 5.02 Å². The Morgan fingerprint density at radius 1 is 1.00 bits per heavy atom. The number of benzene rings is 2. The van der Waals surface area contributed by atoms with Gasteiger partial charge in [-0.1, -0.05) is 36.1 Å². The van der Waals surface area contributed by atoms with Crippen LogP contribution in [0.5, 0.6) is 5.75 Å². The van der Waals surface area contributed by atoms with Gasteiger partial charge in [0.25, 0.3) is 0 Å². The molecule has 0 saturated carbocycles. The molecule has 1 heterocycles. The van der Waals surface area contributed by atoms with Crippen LogP contribution in [-0.2, 0) is 0 Å². The fourth-order valence-electron chi connectivity index (χ4n) is 2.23. The monoisotopic (exact) mass is 400 g/mol. The van der Waals surface area contributed by atoms with E-state index in [4.69, 9.17) is 16.3 Å². The molecule has 0 aliphatic carbocycles. The fraction of sp³-hybridized carbons (Fsp3) is 0.0476. The van der Waals surface area contributed by atoms with E-state index in [-0.39, 0.29) is 28.6 Å². The van der Waals surface area contributed by atoms with Crippen molar-refractivity contribution in [2.45, 2.75) is 0 Å². The van der Waals surface area contributed by atoms with Gasteiger partial charge in [0, 0.05) is 11.1 Å². The first-order valence-electron chi connectivity index (χ1n) is 8.00. The Labute approximate surface area is 164 Å². The van der Waals surface area contributed by atoms with Gasteiger partial charge in [0.1, 0.15) is 24.1 Å². The van der Waals surface area contributed by atoms with E-state index in [1.807, 2.05) is 0 Å². The van der Waals surface area contributed by atoms with Crippen molar-refractivity contribution in [1.82, 2.24) is 9.97 Å². The third-order valence-corrected chi connectivity index (χ3v) is 3.85. The summed E-state index contributed by atoms with van der Waals surface area (Å²) in [6.07, 6.45) is 4.35. The van der Waals surface area contributed by atoms with Gasteiger partial charge in [0.2, 0.25) is 0 Å². The van der Waals surface area contributed by atoms with Gasteiger partial charge < -0.3 is 4.74 Å². The van der Waals surface area contributed by atoms with Crippen LogP contribution in [0, 0.1) is 29.3 Å². The normalized spacial score (nSPS) is 10.1. The van der Waals surface area contributed by atoms with E-state index in [2.05, 4.69) is 28.4 Å². The Morgan fingerprint density at radius 3 is 2.29 bits per heavy atom. The molecule has 3 nitrogen and oxygen atoms in total. The van der Waals surface area contributed by atoms with Crippen molar-refractivity contribution in [2.24, 2.45) is 0 Å². The first-order valence-corrected chi connectivity index (χ1v) is 8.38. The average Bonchev–Trinajstić information content (AvgIpc) is 2.68. The molecule has 1 aromatic heterocycles. The van der Waals surface area contributed by atoms with E-state index in [0.717, 1.165) is 18.2 Å². The Hall–Kier alpha value is -3.30. The lowest BCUT2D eigenvalue weighted by Gasteiger charge is -2.05. The number of halogens is 4. The molecule has 0 unspecified atom stereocenters. The highest BCUT2D eigenvalue weighted by Gasteiger charge is 2.12. The largest absolute Gasteiger partial charge is 0.486 e. The average molecular weight is 401 g/mol. The zero-order chi connectivity index (χ0) is 20.1. The van der Waals surface area contributed by atoms with Crippen LogP contribution < -0.4 is 4.74 Å². The van der Waals surface area contributed by atoms with Crippen LogP contribution in [0.15, 0.2) is 55.4 Å². The summed E-state index contributed by atoms with van der Waals surface area (Å²) in [4.78, 5) is 8.06. The molecule has 0 atom stereocenters. The smallest absolute Gasteiger partial charge is 0.159 e. The van der Waals surface area contributed by atoms with Gasteiger partial charge in [-0.3, -0.25) is 0 Å². The molecule has 0 bridgehead atoms. The molecule has 0 radical (unpaired) electrons. The van der Waals surface area contributed by atoms with Gasteiger partial charge in [-0.25, -0.2) is 23.1 Å². The van der Waals surface area contributed by atoms with Crippen molar-refractivity contribution in [2.75, 3.05) is 6.61 Å². The van der Waals surface area contributed by atoms with E-state index in [9.17, 15) is 13.2 Å².